The predicted molar refractivity (Wildman–Crippen MR) is 87.4 cm³/mol. The minimum absolute atomic E-state index is 0.0637. The maximum Gasteiger partial charge on any atom is 0.237 e. The Hall–Kier alpha value is -1.97. The molecule has 4 heteroatoms. The zero-order valence-corrected chi connectivity index (χ0v) is 14.0. The van der Waals surface area contributed by atoms with Gasteiger partial charge in [-0.15, -0.1) is 0 Å². The van der Waals surface area contributed by atoms with E-state index in [1.54, 1.807) is 19.1 Å². The number of amides is 2. The van der Waals surface area contributed by atoms with Crippen LogP contribution in [0, 0.1) is 17.8 Å². The van der Waals surface area contributed by atoms with E-state index in [1.165, 1.54) is 4.90 Å². The van der Waals surface area contributed by atoms with Crippen molar-refractivity contribution in [3.63, 3.8) is 0 Å². The van der Waals surface area contributed by atoms with Crippen LogP contribution < -0.4 is 4.90 Å². The Labute approximate surface area is 132 Å². The molecule has 0 N–H and O–H groups in total. The number of para-hydroxylation sites is 1. The number of imide groups is 1. The van der Waals surface area contributed by atoms with Gasteiger partial charge < -0.3 is 0 Å². The second kappa shape index (κ2) is 7.87. The molecule has 0 spiro atoms. The third-order valence-corrected chi connectivity index (χ3v) is 3.81. The summed E-state index contributed by atoms with van der Waals surface area (Å²) >= 11 is 0. The Morgan fingerprint density at radius 3 is 1.95 bits per heavy atom. The van der Waals surface area contributed by atoms with E-state index in [0.29, 0.717) is 12.1 Å². The Morgan fingerprint density at radius 1 is 1.09 bits per heavy atom. The highest BCUT2D eigenvalue weighted by Gasteiger charge is 2.40. The summed E-state index contributed by atoms with van der Waals surface area (Å²) in [6.45, 7) is 9.34. The van der Waals surface area contributed by atoms with Gasteiger partial charge in [0.15, 0.2) is 0 Å². The third-order valence-electron chi connectivity index (χ3n) is 3.81. The molecule has 0 radical (unpaired) electrons. The highest BCUT2D eigenvalue weighted by atomic mass is 16.2. The minimum atomic E-state index is -0.160. The van der Waals surface area contributed by atoms with Crippen LogP contribution in [0.5, 0.6) is 0 Å². The molecule has 1 fully saturated rings. The number of ketones is 1. The van der Waals surface area contributed by atoms with Gasteiger partial charge in [-0.3, -0.25) is 19.3 Å². The zero-order valence-electron chi connectivity index (χ0n) is 14.0. The maximum atomic E-state index is 12.1. The summed E-state index contributed by atoms with van der Waals surface area (Å²) in [6.07, 6.45) is 0.339. The van der Waals surface area contributed by atoms with Gasteiger partial charge in [0, 0.05) is 12.3 Å². The van der Waals surface area contributed by atoms with Crippen LogP contribution in [-0.2, 0) is 14.4 Å². The van der Waals surface area contributed by atoms with Crippen LogP contribution >= 0.6 is 0 Å². The molecule has 22 heavy (non-hydrogen) atoms. The van der Waals surface area contributed by atoms with Crippen molar-refractivity contribution in [1.29, 1.82) is 0 Å². The topological polar surface area (TPSA) is 54.5 Å². The molecule has 1 aromatic rings. The highest BCUT2D eigenvalue weighted by Crippen LogP contribution is 2.30. The maximum absolute atomic E-state index is 12.1. The molecule has 1 unspecified atom stereocenters. The fourth-order valence-corrected chi connectivity index (χ4v) is 2.02. The lowest BCUT2D eigenvalue weighted by Gasteiger charge is -2.16. The predicted octanol–water partition coefficient (Wildman–Crippen LogP) is 3.45. The second-order valence-corrected chi connectivity index (χ2v) is 6.22. The molecule has 0 aromatic heterocycles. The van der Waals surface area contributed by atoms with Crippen molar-refractivity contribution in [2.45, 2.75) is 41.0 Å². The van der Waals surface area contributed by atoms with Crippen LogP contribution in [0.2, 0.25) is 0 Å². The van der Waals surface area contributed by atoms with Crippen molar-refractivity contribution in [3.8, 4) is 0 Å². The molecule has 1 aliphatic rings. The molecular formula is C18H25NO3. The van der Waals surface area contributed by atoms with Crippen molar-refractivity contribution in [2.24, 2.45) is 17.8 Å². The van der Waals surface area contributed by atoms with Crippen LogP contribution in [0.3, 0.4) is 0 Å². The average molecular weight is 303 g/mol. The highest BCUT2D eigenvalue weighted by molar-refractivity contribution is 6.20. The van der Waals surface area contributed by atoms with Gasteiger partial charge in [-0.1, -0.05) is 45.9 Å². The molecule has 0 aliphatic carbocycles. The number of anilines is 1. The zero-order chi connectivity index (χ0) is 16.9. The lowest BCUT2D eigenvalue weighted by molar-refractivity contribution is -0.123. The smallest absolute Gasteiger partial charge is 0.237 e. The molecule has 1 atom stereocenters. The molecule has 1 heterocycles. The van der Waals surface area contributed by atoms with Crippen molar-refractivity contribution < 1.29 is 14.4 Å². The van der Waals surface area contributed by atoms with Crippen molar-refractivity contribution in [3.05, 3.63) is 30.3 Å². The second-order valence-electron chi connectivity index (χ2n) is 6.22. The third kappa shape index (κ3) is 4.52. The number of carbonyl (C=O) groups is 3. The SMILES string of the molecule is CC(=O)C(C)C.CC(C)C1CC(=O)N(c2ccccc2)C1=O. The van der Waals surface area contributed by atoms with E-state index < -0.39 is 0 Å². The van der Waals surface area contributed by atoms with Crippen LogP contribution in [0.25, 0.3) is 0 Å². The van der Waals surface area contributed by atoms with Gasteiger partial charge in [0.05, 0.1) is 11.6 Å². The quantitative estimate of drug-likeness (QED) is 0.804. The number of nitrogens with zero attached hydrogens (tertiary/aromatic N) is 1. The number of carbonyl (C=O) groups excluding carboxylic acids is 3. The molecular weight excluding hydrogens is 278 g/mol. The molecule has 1 saturated heterocycles. The van der Waals surface area contributed by atoms with Crippen LogP contribution in [0.1, 0.15) is 41.0 Å². The number of rotatable bonds is 3. The molecule has 0 bridgehead atoms. The molecule has 1 aromatic carbocycles. The minimum Gasteiger partial charge on any atom is -0.300 e. The first-order valence-electron chi connectivity index (χ1n) is 7.68. The van der Waals surface area contributed by atoms with Gasteiger partial charge in [0.2, 0.25) is 11.8 Å². The van der Waals surface area contributed by atoms with Crippen molar-refractivity contribution in [1.82, 2.24) is 0 Å². The fourth-order valence-electron chi connectivity index (χ4n) is 2.02. The van der Waals surface area contributed by atoms with E-state index >= 15 is 0 Å². The van der Waals surface area contributed by atoms with E-state index in [-0.39, 0.29) is 35.4 Å². The van der Waals surface area contributed by atoms with Crippen molar-refractivity contribution >= 4 is 23.3 Å². The summed E-state index contributed by atoms with van der Waals surface area (Å²) in [4.78, 5) is 35.3. The first kappa shape index (κ1) is 18.1. The monoisotopic (exact) mass is 303 g/mol. The number of Topliss-reactive ketones (excluding diaryl/α,β-unsaturated/α-hetero) is 1. The number of hydrogen-bond acceptors (Lipinski definition) is 3. The lowest BCUT2D eigenvalue weighted by Crippen LogP contribution is -2.31. The number of hydrogen-bond donors (Lipinski definition) is 0. The van der Waals surface area contributed by atoms with E-state index in [9.17, 15) is 14.4 Å². The average Bonchev–Trinajstić information content (AvgIpc) is 2.75. The van der Waals surface area contributed by atoms with Gasteiger partial charge in [0.1, 0.15) is 5.78 Å². The van der Waals surface area contributed by atoms with Gasteiger partial charge in [-0.2, -0.15) is 0 Å². The summed E-state index contributed by atoms with van der Waals surface area (Å²) in [5.74, 6) is 0.374. The summed E-state index contributed by atoms with van der Waals surface area (Å²) in [5.41, 5.74) is 0.681. The molecule has 2 amide bonds. The van der Waals surface area contributed by atoms with Crippen LogP contribution in [0.15, 0.2) is 30.3 Å². The van der Waals surface area contributed by atoms with Crippen LogP contribution in [-0.4, -0.2) is 17.6 Å². The van der Waals surface area contributed by atoms with Gasteiger partial charge in [0.25, 0.3) is 0 Å². The fraction of sp³-hybridized carbons (Fsp3) is 0.500. The lowest BCUT2D eigenvalue weighted by atomic mass is 9.94. The van der Waals surface area contributed by atoms with E-state index in [2.05, 4.69) is 0 Å². The number of benzene rings is 1. The first-order chi connectivity index (χ1) is 10.3. The summed E-state index contributed by atoms with van der Waals surface area (Å²) in [7, 11) is 0. The first-order valence-corrected chi connectivity index (χ1v) is 7.68. The molecule has 4 nitrogen and oxygen atoms in total. The molecule has 120 valence electrons. The Balaban J connectivity index is 0.000000346. The largest absolute Gasteiger partial charge is 0.300 e. The summed E-state index contributed by atoms with van der Waals surface area (Å²) in [6, 6.07) is 9.11. The molecule has 2 rings (SSSR count). The Morgan fingerprint density at radius 2 is 1.59 bits per heavy atom. The van der Waals surface area contributed by atoms with Crippen molar-refractivity contribution in [2.75, 3.05) is 4.90 Å². The molecule has 0 saturated carbocycles. The summed E-state index contributed by atoms with van der Waals surface area (Å²) in [5, 5.41) is 0. The van der Waals surface area contributed by atoms with E-state index in [1.807, 2.05) is 45.9 Å². The molecule has 1 aliphatic heterocycles. The van der Waals surface area contributed by atoms with Gasteiger partial charge >= 0.3 is 0 Å². The van der Waals surface area contributed by atoms with Gasteiger partial charge in [-0.25, -0.2) is 0 Å². The Kier molecular flexibility index (Phi) is 6.47. The van der Waals surface area contributed by atoms with Crippen LogP contribution in [0.4, 0.5) is 5.69 Å². The van der Waals surface area contributed by atoms with Gasteiger partial charge in [-0.05, 0) is 25.0 Å². The van der Waals surface area contributed by atoms with E-state index in [4.69, 9.17) is 0 Å². The Bertz CT molecular complexity index is 535. The standard InChI is InChI=1S/C13H15NO2.C5H10O/c1-9(2)11-8-12(15)14(13(11)16)10-6-4-3-5-7-10;1-4(2)5(3)6/h3-7,9,11H,8H2,1-2H3;4H,1-3H3. The summed E-state index contributed by atoms with van der Waals surface area (Å²) < 4.78 is 0. The van der Waals surface area contributed by atoms with E-state index in [0.717, 1.165) is 0 Å². The normalized spacial score (nSPS) is 17.8.